The summed E-state index contributed by atoms with van der Waals surface area (Å²) in [4.78, 5) is 1.15. The zero-order chi connectivity index (χ0) is 11.5. The van der Waals surface area contributed by atoms with Crippen LogP contribution in [0.2, 0.25) is 9.36 Å². The van der Waals surface area contributed by atoms with Gasteiger partial charge in [-0.2, -0.15) is 0 Å². The summed E-state index contributed by atoms with van der Waals surface area (Å²) >= 11 is 13.2. The van der Waals surface area contributed by atoms with Crippen molar-refractivity contribution in [2.45, 2.75) is 6.54 Å². The Bertz CT molecular complexity index is 498. The molecule has 1 aromatic carbocycles. The first-order chi connectivity index (χ1) is 7.65. The van der Waals surface area contributed by atoms with Crippen LogP contribution in [0.25, 0.3) is 0 Å². The maximum absolute atomic E-state index is 9.26. The standard InChI is InChI=1S/C11H9Cl2NOS/c12-9-5-7(1-3-10(9)15)14-6-8-2-4-11(13)16-8/h1-5,14-15H,6H2. The van der Waals surface area contributed by atoms with Crippen LogP contribution in [0.4, 0.5) is 5.69 Å². The zero-order valence-corrected chi connectivity index (χ0v) is 10.5. The number of anilines is 1. The smallest absolute Gasteiger partial charge is 0.134 e. The Balaban J connectivity index is 2.02. The van der Waals surface area contributed by atoms with Gasteiger partial charge in [0.2, 0.25) is 0 Å². The van der Waals surface area contributed by atoms with Crippen LogP contribution in [-0.2, 0) is 6.54 Å². The molecule has 16 heavy (non-hydrogen) atoms. The summed E-state index contributed by atoms with van der Waals surface area (Å²) in [6, 6.07) is 8.86. The minimum absolute atomic E-state index is 0.0892. The van der Waals surface area contributed by atoms with Crippen LogP contribution in [0.3, 0.4) is 0 Å². The van der Waals surface area contributed by atoms with Crippen LogP contribution in [0.5, 0.6) is 5.75 Å². The third-order valence-electron chi connectivity index (χ3n) is 2.04. The summed E-state index contributed by atoms with van der Waals surface area (Å²) in [5, 5.41) is 12.8. The van der Waals surface area contributed by atoms with Crippen molar-refractivity contribution in [2.75, 3.05) is 5.32 Å². The van der Waals surface area contributed by atoms with E-state index in [9.17, 15) is 5.11 Å². The van der Waals surface area contributed by atoms with Gasteiger partial charge in [-0.25, -0.2) is 0 Å². The molecule has 5 heteroatoms. The molecule has 0 aliphatic carbocycles. The van der Waals surface area contributed by atoms with E-state index in [1.807, 2.05) is 12.1 Å². The lowest BCUT2D eigenvalue weighted by molar-refractivity contribution is 0.475. The number of thiophene rings is 1. The summed E-state index contributed by atoms with van der Waals surface area (Å²) in [7, 11) is 0. The molecule has 0 aliphatic heterocycles. The predicted octanol–water partition coefficient (Wildman–Crippen LogP) is 4.37. The molecule has 2 nitrogen and oxygen atoms in total. The number of rotatable bonds is 3. The molecule has 2 rings (SSSR count). The second-order valence-electron chi connectivity index (χ2n) is 3.23. The minimum atomic E-state index is 0.0892. The number of hydrogen-bond acceptors (Lipinski definition) is 3. The van der Waals surface area contributed by atoms with Gasteiger partial charge in [0.15, 0.2) is 0 Å². The van der Waals surface area contributed by atoms with E-state index >= 15 is 0 Å². The number of nitrogens with one attached hydrogen (secondary N) is 1. The molecular weight excluding hydrogens is 265 g/mol. The Morgan fingerprint density at radius 1 is 1.19 bits per heavy atom. The van der Waals surface area contributed by atoms with Gasteiger partial charge in [0.1, 0.15) is 5.75 Å². The van der Waals surface area contributed by atoms with E-state index < -0.39 is 0 Å². The Labute approximate surface area is 107 Å². The lowest BCUT2D eigenvalue weighted by Gasteiger charge is -2.05. The molecule has 1 heterocycles. The highest BCUT2D eigenvalue weighted by Gasteiger charge is 2.01. The summed E-state index contributed by atoms with van der Waals surface area (Å²) in [6.07, 6.45) is 0. The van der Waals surface area contributed by atoms with Crippen molar-refractivity contribution in [1.29, 1.82) is 0 Å². The minimum Gasteiger partial charge on any atom is -0.506 e. The van der Waals surface area contributed by atoms with E-state index in [2.05, 4.69) is 5.32 Å². The van der Waals surface area contributed by atoms with E-state index in [0.717, 1.165) is 14.9 Å². The third-order valence-corrected chi connectivity index (χ3v) is 3.58. The van der Waals surface area contributed by atoms with Gasteiger partial charge < -0.3 is 10.4 Å². The largest absolute Gasteiger partial charge is 0.506 e. The monoisotopic (exact) mass is 273 g/mol. The molecule has 0 radical (unpaired) electrons. The first-order valence-corrected chi connectivity index (χ1v) is 6.19. The summed E-state index contributed by atoms with van der Waals surface area (Å²) in [5.74, 6) is 0.0892. The van der Waals surface area contributed by atoms with Gasteiger partial charge >= 0.3 is 0 Å². The number of phenolic OH excluding ortho intramolecular Hbond substituents is 1. The van der Waals surface area contributed by atoms with Crippen LogP contribution in [0, 0.1) is 0 Å². The SMILES string of the molecule is Oc1ccc(NCc2ccc(Cl)s2)cc1Cl. The van der Waals surface area contributed by atoms with Crippen molar-refractivity contribution in [3.05, 3.63) is 44.6 Å². The Kier molecular flexibility index (Phi) is 3.59. The Morgan fingerprint density at radius 2 is 2.00 bits per heavy atom. The molecule has 0 fully saturated rings. The van der Waals surface area contributed by atoms with Crippen molar-refractivity contribution in [3.63, 3.8) is 0 Å². The first-order valence-electron chi connectivity index (χ1n) is 4.62. The fourth-order valence-corrected chi connectivity index (χ4v) is 2.46. The van der Waals surface area contributed by atoms with E-state index in [1.54, 1.807) is 18.2 Å². The molecule has 0 saturated heterocycles. The number of hydrogen-bond donors (Lipinski definition) is 2. The lowest BCUT2D eigenvalue weighted by atomic mass is 10.3. The molecule has 0 spiro atoms. The molecule has 0 amide bonds. The highest BCUT2D eigenvalue weighted by Crippen LogP contribution is 2.27. The highest BCUT2D eigenvalue weighted by atomic mass is 35.5. The van der Waals surface area contributed by atoms with Crippen molar-refractivity contribution in [1.82, 2.24) is 0 Å². The van der Waals surface area contributed by atoms with Crippen LogP contribution >= 0.6 is 34.5 Å². The van der Waals surface area contributed by atoms with Crippen molar-refractivity contribution in [3.8, 4) is 5.75 Å². The molecule has 0 aliphatic rings. The van der Waals surface area contributed by atoms with Gasteiger partial charge in [0.05, 0.1) is 9.36 Å². The van der Waals surface area contributed by atoms with E-state index in [0.29, 0.717) is 11.6 Å². The second kappa shape index (κ2) is 4.95. The van der Waals surface area contributed by atoms with Gasteiger partial charge in [0.25, 0.3) is 0 Å². The van der Waals surface area contributed by atoms with Crippen LogP contribution in [0.1, 0.15) is 4.88 Å². The van der Waals surface area contributed by atoms with Crippen LogP contribution < -0.4 is 5.32 Å². The third kappa shape index (κ3) is 2.82. The molecular formula is C11H9Cl2NOS. The van der Waals surface area contributed by atoms with Crippen LogP contribution in [0.15, 0.2) is 30.3 Å². The van der Waals surface area contributed by atoms with Gasteiger partial charge in [-0.05, 0) is 30.3 Å². The molecule has 2 N–H and O–H groups in total. The van der Waals surface area contributed by atoms with Crippen molar-refractivity contribution < 1.29 is 5.11 Å². The predicted molar refractivity (Wildman–Crippen MR) is 69.8 cm³/mol. The first kappa shape index (κ1) is 11.6. The normalized spacial score (nSPS) is 10.4. The average Bonchev–Trinajstić information content (AvgIpc) is 2.66. The maximum Gasteiger partial charge on any atom is 0.134 e. The van der Waals surface area contributed by atoms with Crippen LogP contribution in [-0.4, -0.2) is 5.11 Å². The zero-order valence-electron chi connectivity index (χ0n) is 8.21. The molecule has 0 atom stereocenters. The molecule has 0 saturated carbocycles. The number of halogens is 2. The topological polar surface area (TPSA) is 32.3 Å². The summed E-state index contributed by atoms with van der Waals surface area (Å²) in [6.45, 7) is 0.693. The fourth-order valence-electron chi connectivity index (χ4n) is 1.25. The van der Waals surface area contributed by atoms with Crippen molar-refractivity contribution in [2.24, 2.45) is 0 Å². The van der Waals surface area contributed by atoms with Gasteiger partial charge in [0, 0.05) is 17.1 Å². The molecule has 0 bridgehead atoms. The summed E-state index contributed by atoms with van der Waals surface area (Å²) in [5.41, 5.74) is 0.868. The summed E-state index contributed by atoms with van der Waals surface area (Å²) < 4.78 is 0.778. The number of aromatic hydroxyl groups is 1. The Morgan fingerprint density at radius 3 is 2.62 bits per heavy atom. The van der Waals surface area contributed by atoms with E-state index in [-0.39, 0.29) is 5.75 Å². The number of phenols is 1. The van der Waals surface area contributed by atoms with Crippen molar-refractivity contribution >= 4 is 40.2 Å². The fraction of sp³-hybridized carbons (Fsp3) is 0.0909. The van der Waals surface area contributed by atoms with E-state index in [4.69, 9.17) is 23.2 Å². The quantitative estimate of drug-likeness (QED) is 0.814. The molecule has 84 valence electrons. The average molecular weight is 274 g/mol. The van der Waals surface area contributed by atoms with E-state index in [1.165, 1.54) is 11.3 Å². The Hall–Kier alpha value is -0.900. The van der Waals surface area contributed by atoms with Gasteiger partial charge in [-0.15, -0.1) is 11.3 Å². The molecule has 1 aromatic heterocycles. The van der Waals surface area contributed by atoms with Gasteiger partial charge in [-0.3, -0.25) is 0 Å². The van der Waals surface area contributed by atoms with Gasteiger partial charge in [-0.1, -0.05) is 23.2 Å². The molecule has 0 unspecified atom stereocenters. The maximum atomic E-state index is 9.26. The second-order valence-corrected chi connectivity index (χ2v) is 5.43. The number of benzene rings is 1. The highest BCUT2D eigenvalue weighted by molar-refractivity contribution is 7.16. The molecule has 2 aromatic rings. The lowest BCUT2D eigenvalue weighted by Crippen LogP contribution is -1.96.